The molecule has 0 aliphatic carbocycles. The minimum Gasteiger partial charge on any atom is -0.311 e. The van der Waals surface area contributed by atoms with E-state index in [0.717, 1.165) is 50.5 Å². The Labute approximate surface area is 270 Å². The third-order valence-electron chi connectivity index (χ3n) is 8.46. The van der Waals surface area contributed by atoms with Crippen LogP contribution in [0.3, 0.4) is 0 Å². The summed E-state index contributed by atoms with van der Waals surface area (Å²) in [6.45, 7) is 0. The highest BCUT2D eigenvalue weighted by Crippen LogP contribution is 2.37. The first-order valence-corrected chi connectivity index (χ1v) is 15.5. The highest BCUT2D eigenvalue weighted by atomic mass is 15.5. The molecule has 7 heteroatoms. The van der Waals surface area contributed by atoms with E-state index in [4.69, 9.17) is 0 Å². The summed E-state index contributed by atoms with van der Waals surface area (Å²) in [7, 11) is 0. The molecular weight excluding hydrogens is 578 g/mol. The van der Waals surface area contributed by atoms with Crippen LogP contribution in [0.1, 0.15) is 0 Å². The van der Waals surface area contributed by atoms with Gasteiger partial charge in [-0.15, -0.1) is 20.4 Å². The predicted molar refractivity (Wildman–Crippen MR) is 189 cm³/mol. The Morgan fingerprint density at radius 1 is 0.340 bits per heavy atom. The second kappa shape index (κ2) is 11.1. The highest BCUT2D eigenvalue weighted by Gasteiger charge is 2.15. The average molecular weight is 606 g/mol. The maximum Gasteiger partial charge on any atom is 0.113 e. The molecule has 0 bridgehead atoms. The van der Waals surface area contributed by atoms with E-state index in [0.29, 0.717) is 0 Å². The number of hydrogen-bond donors (Lipinski definition) is 0. The van der Waals surface area contributed by atoms with E-state index in [1.807, 2.05) is 48.5 Å². The smallest absolute Gasteiger partial charge is 0.113 e. The van der Waals surface area contributed by atoms with Crippen LogP contribution in [0.25, 0.3) is 55.3 Å². The van der Waals surface area contributed by atoms with Gasteiger partial charge in [-0.05, 0) is 113 Å². The number of nitrogens with zero attached hydrogens (tertiary/aromatic N) is 7. The first kappa shape index (κ1) is 26.8. The molecular formula is C40H27N7. The predicted octanol–water partition coefficient (Wildman–Crippen LogP) is 9.44. The van der Waals surface area contributed by atoms with Crippen LogP contribution in [-0.2, 0) is 0 Å². The molecule has 0 atom stereocenters. The molecule has 9 rings (SSSR count). The van der Waals surface area contributed by atoms with Crippen LogP contribution < -0.4 is 4.90 Å². The SMILES string of the molecule is c1ccc2cc(-c3ccc(N(c4ccc(-n5nc6ccccc6n5)cc4)c4ccc(-n5nc6ccccc6n5)cc4)cc3)ccc2c1. The number of benzene rings is 7. The summed E-state index contributed by atoms with van der Waals surface area (Å²) in [4.78, 5) is 5.62. The molecule has 7 aromatic carbocycles. The van der Waals surface area contributed by atoms with Gasteiger partial charge in [-0.3, -0.25) is 0 Å². The van der Waals surface area contributed by atoms with E-state index in [-0.39, 0.29) is 0 Å². The van der Waals surface area contributed by atoms with Crippen LogP contribution in [0.15, 0.2) is 164 Å². The maximum absolute atomic E-state index is 4.66. The second-order valence-electron chi connectivity index (χ2n) is 11.4. The summed E-state index contributed by atoms with van der Waals surface area (Å²) in [5.41, 5.74) is 10.7. The van der Waals surface area contributed by atoms with Gasteiger partial charge in [0.25, 0.3) is 0 Å². The van der Waals surface area contributed by atoms with Gasteiger partial charge in [0, 0.05) is 17.1 Å². The molecule has 2 aromatic heterocycles. The van der Waals surface area contributed by atoms with E-state index >= 15 is 0 Å². The fourth-order valence-electron chi connectivity index (χ4n) is 6.04. The van der Waals surface area contributed by atoms with Crippen molar-refractivity contribution < 1.29 is 0 Å². The van der Waals surface area contributed by atoms with Gasteiger partial charge in [0.05, 0.1) is 11.4 Å². The Morgan fingerprint density at radius 3 is 1.19 bits per heavy atom. The molecule has 0 radical (unpaired) electrons. The second-order valence-corrected chi connectivity index (χ2v) is 11.4. The molecule has 0 aliphatic heterocycles. The van der Waals surface area contributed by atoms with Gasteiger partial charge in [0.1, 0.15) is 22.1 Å². The van der Waals surface area contributed by atoms with Crippen molar-refractivity contribution in [2.24, 2.45) is 0 Å². The van der Waals surface area contributed by atoms with E-state index in [2.05, 4.69) is 141 Å². The number of rotatable bonds is 6. The molecule has 47 heavy (non-hydrogen) atoms. The quantitative estimate of drug-likeness (QED) is 0.189. The van der Waals surface area contributed by atoms with Gasteiger partial charge in [-0.25, -0.2) is 0 Å². The lowest BCUT2D eigenvalue weighted by atomic mass is 10.0. The largest absolute Gasteiger partial charge is 0.311 e. The lowest BCUT2D eigenvalue weighted by Crippen LogP contribution is -2.10. The van der Waals surface area contributed by atoms with Crippen molar-refractivity contribution in [1.29, 1.82) is 0 Å². The van der Waals surface area contributed by atoms with Crippen molar-refractivity contribution in [2.75, 3.05) is 4.90 Å². The van der Waals surface area contributed by atoms with Crippen molar-refractivity contribution in [3.8, 4) is 22.5 Å². The first-order chi connectivity index (χ1) is 23.2. The van der Waals surface area contributed by atoms with Crippen molar-refractivity contribution >= 4 is 49.9 Å². The van der Waals surface area contributed by atoms with Gasteiger partial charge in [0.15, 0.2) is 0 Å². The van der Waals surface area contributed by atoms with Gasteiger partial charge >= 0.3 is 0 Å². The third kappa shape index (κ3) is 4.96. The molecule has 0 saturated carbocycles. The summed E-state index contributed by atoms with van der Waals surface area (Å²) < 4.78 is 0. The first-order valence-electron chi connectivity index (χ1n) is 15.5. The summed E-state index contributed by atoms with van der Waals surface area (Å²) in [5, 5.41) is 21.1. The Morgan fingerprint density at radius 2 is 0.723 bits per heavy atom. The lowest BCUT2D eigenvalue weighted by molar-refractivity contribution is 0.765. The van der Waals surface area contributed by atoms with Crippen LogP contribution >= 0.6 is 0 Å². The summed E-state index contributed by atoms with van der Waals surface area (Å²) in [6, 6.07) is 56.3. The molecule has 0 saturated heterocycles. The van der Waals surface area contributed by atoms with E-state index < -0.39 is 0 Å². The minimum absolute atomic E-state index is 0.865. The molecule has 0 fully saturated rings. The van der Waals surface area contributed by atoms with Crippen LogP contribution in [0.4, 0.5) is 17.1 Å². The fourth-order valence-corrected chi connectivity index (χ4v) is 6.04. The molecule has 0 spiro atoms. The molecule has 0 unspecified atom stereocenters. The zero-order chi connectivity index (χ0) is 31.2. The average Bonchev–Trinajstić information content (AvgIpc) is 3.78. The molecule has 0 N–H and O–H groups in total. The Bertz CT molecular complexity index is 2330. The van der Waals surface area contributed by atoms with Crippen molar-refractivity contribution in [2.45, 2.75) is 0 Å². The molecule has 0 aliphatic rings. The standard InChI is InChI=1S/C40H27N7/c1-2-8-30-27-31(14-13-28(30)7-1)29-15-17-32(18-16-29)45(33-19-23-35(24-20-33)46-41-37-9-3-4-10-38(37)42-46)34-21-25-36(26-22-34)47-43-39-11-5-6-12-40(39)44-47/h1-27H. The third-order valence-corrected chi connectivity index (χ3v) is 8.46. The molecule has 2 heterocycles. The van der Waals surface area contributed by atoms with Crippen LogP contribution in [0.2, 0.25) is 0 Å². The maximum atomic E-state index is 4.66. The van der Waals surface area contributed by atoms with Crippen molar-refractivity contribution in [1.82, 2.24) is 30.0 Å². The van der Waals surface area contributed by atoms with E-state index in [1.54, 1.807) is 9.59 Å². The van der Waals surface area contributed by atoms with Crippen LogP contribution in [0, 0.1) is 0 Å². The van der Waals surface area contributed by atoms with Gasteiger partial charge in [-0.1, -0.05) is 72.8 Å². The summed E-state index contributed by atoms with van der Waals surface area (Å²) >= 11 is 0. The number of anilines is 3. The topological polar surface area (TPSA) is 64.7 Å². The normalized spacial score (nSPS) is 11.4. The highest BCUT2D eigenvalue weighted by molar-refractivity contribution is 5.88. The molecule has 9 aromatic rings. The number of fused-ring (bicyclic) bond motifs is 3. The number of hydrogen-bond acceptors (Lipinski definition) is 5. The van der Waals surface area contributed by atoms with Crippen LogP contribution in [0.5, 0.6) is 0 Å². The number of aromatic nitrogens is 6. The Balaban J connectivity index is 1.09. The van der Waals surface area contributed by atoms with Gasteiger partial charge < -0.3 is 4.90 Å². The van der Waals surface area contributed by atoms with Gasteiger partial charge in [0.2, 0.25) is 0 Å². The zero-order valence-corrected chi connectivity index (χ0v) is 25.2. The van der Waals surface area contributed by atoms with Crippen LogP contribution in [-0.4, -0.2) is 30.0 Å². The summed E-state index contributed by atoms with van der Waals surface area (Å²) in [5.74, 6) is 0. The van der Waals surface area contributed by atoms with E-state index in [1.165, 1.54) is 21.9 Å². The zero-order valence-electron chi connectivity index (χ0n) is 25.2. The Hall–Kier alpha value is -6.60. The summed E-state index contributed by atoms with van der Waals surface area (Å²) in [6.07, 6.45) is 0. The van der Waals surface area contributed by atoms with Gasteiger partial charge in [-0.2, -0.15) is 9.59 Å². The minimum atomic E-state index is 0.865. The fraction of sp³-hybridized carbons (Fsp3) is 0. The van der Waals surface area contributed by atoms with Crippen molar-refractivity contribution in [3.63, 3.8) is 0 Å². The lowest BCUT2D eigenvalue weighted by Gasteiger charge is -2.26. The molecule has 0 amide bonds. The van der Waals surface area contributed by atoms with Crippen molar-refractivity contribution in [3.05, 3.63) is 164 Å². The monoisotopic (exact) mass is 605 g/mol. The molecule has 222 valence electrons. The molecule has 7 nitrogen and oxygen atoms in total. The Kier molecular flexibility index (Phi) is 6.31. The van der Waals surface area contributed by atoms with E-state index in [9.17, 15) is 0 Å².